The van der Waals surface area contributed by atoms with Crippen molar-refractivity contribution >= 4 is 44.6 Å². The molecule has 7 aromatic carbocycles. The molecule has 2 aromatic heterocycles. The van der Waals surface area contributed by atoms with Crippen LogP contribution in [-0.4, -0.2) is 16.2 Å². The second-order valence-electron chi connectivity index (χ2n) is 18.7. The summed E-state index contributed by atoms with van der Waals surface area (Å²) in [7, 11) is 0. The third-order valence-electron chi connectivity index (χ3n) is 12.3. The van der Waals surface area contributed by atoms with Crippen molar-refractivity contribution in [1.82, 2.24) is 9.55 Å². The van der Waals surface area contributed by atoms with Crippen LogP contribution in [0.15, 0.2) is 176 Å². The third kappa shape index (κ3) is 7.17. The highest BCUT2D eigenvalue weighted by Crippen LogP contribution is 2.46. The van der Waals surface area contributed by atoms with Gasteiger partial charge in [0.25, 0.3) is 0 Å². The van der Waals surface area contributed by atoms with E-state index in [0.29, 0.717) is 6.67 Å². The van der Waals surface area contributed by atoms with Gasteiger partial charge in [-0.2, -0.15) is 0 Å². The van der Waals surface area contributed by atoms with Gasteiger partial charge in [-0.1, -0.05) is 139 Å². The summed E-state index contributed by atoms with van der Waals surface area (Å²) in [6, 6.07) is 60.8. The molecule has 5 nitrogen and oxygen atoms in total. The average molecular weight is 809 g/mol. The molecule has 0 unspecified atom stereocenters. The van der Waals surface area contributed by atoms with Gasteiger partial charge in [0.05, 0.1) is 22.4 Å². The summed E-state index contributed by atoms with van der Waals surface area (Å²) in [5.74, 6) is 2.42. The maximum Gasteiger partial charge on any atom is 0.137 e. The van der Waals surface area contributed by atoms with Crippen LogP contribution in [0.1, 0.15) is 58.2 Å². The Morgan fingerprint density at radius 2 is 1.08 bits per heavy atom. The number of para-hydroxylation sites is 3. The highest BCUT2D eigenvalue weighted by atomic mass is 16.5. The fourth-order valence-corrected chi connectivity index (χ4v) is 8.84. The molecule has 9 aromatic rings. The summed E-state index contributed by atoms with van der Waals surface area (Å²) in [5, 5.41) is 2.33. The number of aryl methyl sites for hydroxylation is 1. The quantitative estimate of drug-likeness (QED) is 0.161. The molecular formula is C57H52N4O. The molecule has 0 radical (unpaired) electrons. The van der Waals surface area contributed by atoms with Crippen molar-refractivity contribution in [1.29, 1.82) is 0 Å². The summed E-state index contributed by atoms with van der Waals surface area (Å²) in [4.78, 5) is 9.94. The van der Waals surface area contributed by atoms with Gasteiger partial charge < -0.3 is 14.5 Å². The normalized spacial score (nSPS) is 13.0. The Morgan fingerprint density at radius 3 is 1.77 bits per heavy atom. The van der Waals surface area contributed by atoms with E-state index in [2.05, 4.69) is 227 Å². The van der Waals surface area contributed by atoms with Crippen molar-refractivity contribution in [2.24, 2.45) is 0 Å². The molecule has 0 saturated heterocycles. The Morgan fingerprint density at radius 1 is 0.484 bits per heavy atom. The molecule has 1 aliphatic rings. The maximum absolute atomic E-state index is 6.75. The lowest BCUT2D eigenvalue weighted by molar-refractivity contribution is 0.483. The van der Waals surface area contributed by atoms with Crippen LogP contribution in [0.5, 0.6) is 11.5 Å². The van der Waals surface area contributed by atoms with Gasteiger partial charge in [0.15, 0.2) is 0 Å². The zero-order chi connectivity index (χ0) is 42.8. The molecular weight excluding hydrogens is 757 g/mol. The van der Waals surface area contributed by atoms with Crippen LogP contribution in [0.25, 0.3) is 49.9 Å². The van der Waals surface area contributed by atoms with Crippen LogP contribution in [0.2, 0.25) is 0 Å². The van der Waals surface area contributed by atoms with Crippen molar-refractivity contribution < 1.29 is 4.74 Å². The van der Waals surface area contributed by atoms with Gasteiger partial charge >= 0.3 is 0 Å². The number of rotatable bonds is 7. The molecule has 10 rings (SSSR count). The molecule has 0 N–H and O–H groups in total. The molecule has 0 bridgehead atoms. The van der Waals surface area contributed by atoms with E-state index in [4.69, 9.17) is 9.72 Å². The first-order valence-electron chi connectivity index (χ1n) is 21.6. The highest BCUT2D eigenvalue weighted by Gasteiger charge is 2.30. The molecule has 5 heteroatoms. The van der Waals surface area contributed by atoms with Gasteiger partial charge in [0, 0.05) is 46.0 Å². The predicted octanol–water partition coefficient (Wildman–Crippen LogP) is 15.5. The van der Waals surface area contributed by atoms with Crippen molar-refractivity contribution in [3.63, 3.8) is 0 Å². The fourth-order valence-electron chi connectivity index (χ4n) is 8.84. The van der Waals surface area contributed by atoms with Crippen LogP contribution in [0.3, 0.4) is 0 Å². The summed E-state index contributed by atoms with van der Waals surface area (Å²) < 4.78 is 9.01. The number of anilines is 4. The van der Waals surface area contributed by atoms with E-state index in [1.807, 2.05) is 12.3 Å². The van der Waals surface area contributed by atoms with E-state index < -0.39 is 0 Å². The number of benzene rings is 7. The Balaban J connectivity index is 0.968. The van der Waals surface area contributed by atoms with E-state index in [0.717, 1.165) is 56.1 Å². The molecule has 306 valence electrons. The van der Waals surface area contributed by atoms with Crippen LogP contribution in [0.4, 0.5) is 22.7 Å². The zero-order valence-electron chi connectivity index (χ0n) is 36.6. The van der Waals surface area contributed by atoms with Crippen molar-refractivity contribution in [3.05, 3.63) is 193 Å². The minimum atomic E-state index is 0.0225. The minimum Gasteiger partial charge on any atom is -0.457 e. The Hall–Kier alpha value is -7.11. The van der Waals surface area contributed by atoms with Crippen LogP contribution >= 0.6 is 0 Å². The number of aromatic nitrogens is 2. The van der Waals surface area contributed by atoms with E-state index in [-0.39, 0.29) is 10.8 Å². The summed E-state index contributed by atoms with van der Waals surface area (Å²) in [5.41, 5.74) is 15.4. The molecule has 0 fully saturated rings. The minimum absolute atomic E-state index is 0.0225. The second-order valence-corrected chi connectivity index (χ2v) is 18.7. The fraction of sp³-hybridized carbons (Fsp3) is 0.175. The lowest BCUT2D eigenvalue weighted by Gasteiger charge is -2.29. The van der Waals surface area contributed by atoms with Gasteiger partial charge in [-0.05, 0) is 112 Å². The van der Waals surface area contributed by atoms with Gasteiger partial charge in [-0.25, -0.2) is 4.98 Å². The standard InChI is InChI=1S/C57H52N4O/c1-38-30-55(58-36-50(38)41-26-24-40(25-27-41)39-16-9-8-10-17-39)61-51-21-12-11-20-48(51)49-29-28-47(35-54(49)61)62-46-19-15-18-44(34-46)59-37-60(53-23-14-13-22-52(53)59)45-32-42(56(2,3)4)31-43(33-45)57(5,6)7/h8-36H,37H2,1-7H3. The molecule has 0 saturated carbocycles. The maximum atomic E-state index is 6.75. The third-order valence-corrected chi connectivity index (χ3v) is 12.3. The number of pyridine rings is 1. The van der Waals surface area contributed by atoms with E-state index in [1.165, 1.54) is 44.7 Å². The van der Waals surface area contributed by atoms with Crippen LogP contribution < -0.4 is 14.5 Å². The summed E-state index contributed by atoms with van der Waals surface area (Å²) >= 11 is 0. The molecule has 0 amide bonds. The molecule has 0 aliphatic carbocycles. The molecule has 0 atom stereocenters. The van der Waals surface area contributed by atoms with E-state index >= 15 is 0 Å². The first kappa shape index (κ1) is 39.1. The summed E-state index contributed by atoms with van der Waals surface area (Å²) in [6.07, 6.45) is 2.01. The largest absolute Gasteiger partial charge is 0.457 e. The van der Waals surface area contributed by atoms with Crippen molar-refractivity contribution in [2.75, 3.05) is 16.5 Å². The van der Waals surface area contributed by atoms with Crippen LogP contribution in [-0.2, 0) is 10.8 Å². The van der Waals surface area contributed by atoms with Gasteiger partial charge in [0.1, 0.15) is 24.0 Å². The number of hydrogen-bond acceptors (Lipinski definition) is 4. The lowest BCUT2D eigenvalue weighted by Crippen LogP contribution is -2.25. The first-order chi connectivity index (χ1) is 29.9. The highest BCUT2D eigenvalue weighted by molar-refractivity contribution is 6.09. The van der Waals surface area contributed by atoms with E-state index in [9.17, 15) is 0 Å². The predicted molar refractivity (Wildman–Crippen MR) is 260 cm³/mol. The smallest absolute Gasteiger partial charge is 0.137 e. The first-order valence-corrected chi connectivity index (χ1v) is 21.6. The van der Waals surface area contributed by atoms with Crippen LogP contribution in [0, 0.1) is 6.92 Å². The Labute approximate surface area is 365 Å². The molecule has 1 aliphatic heterocycles. The number of ether oxygens (including phenoxy) is 1. The molecule has 0 spiro atoms. The monoisotopic (exact) mass is 808 g/mol. The lowest BCUT2D eigenvalue weighted by atomic mass is 9.80. The number of hydrogen-bond donors (Lipinski definition) is 0. The average Bonchev–Trinajstić information content (AvgIpc) is 3.82. The Bertz CT molecular complexity index is 3080. The van der Waals surface area contributed by atoms with Gasteiger partial charge in [-0.15, -0.1) is 0 Å². The second kappa shape index (κ2) is 15.1. The van der Waals surface area contributed by atoms with Crippen molar-refractivity contribution in [3.8, 4) is 39.6 Å². The van der Waals surface area contributed by atoms with Gasteiger partial charge in [0.2, 0.25) is 0 Å². The molecule has 62 heavy (non-hydrogen) atoms. The number of fused-ring (bicyclic) bond motifs is 4. The van der Waals surface area contributed by atoms with E-state index in [1.54, 1.807) is 0 Å². The van der Waals surface area contributed by atoms with Gasteiger partial charge in [-0.3, -0.25) is 4.57 Å². The molecule has 3 heterocycles. The topological polar surface area (TPSA) is 33.5 Å². The summed E-state index contributed by atoms with van der Waals surface area (Å²) in [6.45, 7) is 16.7. The van der Waals surface area contributed by atoms with Crippen molar-refractivity contribution in [2.45, 2.75) is 59.3 Å². The zero-order valence-corrected chi connectivity index (χ0v) is 36.6. The Kier molecular flexibility index (Phi) is 9.52. The SMILES string of the molecule is Cc1cc(-n2c3ccccc3c3ccc(Oc4cccc(N5CN(c6cc(C(C)(C)C)cc(C(C)(C)C)c6)c6ccccc65)c4)cc32)ncc1-c1ccc(-c2ccccc2)cc1. The number of nitrogens with zero attached hydrogens (tertiary/aromatic N) is 4.